The standard InChI is InChI=1S/C11H15N3O4/c15-10(16)6-2-1-3-7-12-11-9(14(17)18)5-4-8-13-11/h4-5,8H,1-3,6-7H2,(H,12,13)(H,15,16). The number of unbranched alkanes of at least 4 members (excludes halogenated alkanes) is 2. The number of nitro groups is 1. The van der Waals surface area contributed by atoms with E-state index >= 15 is 0 Å². The topological polar surface area (TPSA) is 105 Å². The molecule has 0 saturated heterocycles. The summed E-state index contributed by atoms with van der Waals surface area (Å²) in [5, 5.41) is 22.0. The van der Waals surface area contributed by atoms with E-state index in [2.05, 4.69) is 10.3 Å². The molecule has 7 nitrogen and oxygen atoms in total. The molecule has 0 fully saturated rings. The number of rotatable bonds is 8. The molecule has 1 rings (SSSR count). The van der Waals surface area contributed by atoms with Crippen LogP contribution in [0.3, 0.4) is 0 Å². The molecular formula is C11H15N3O4. The van der Waals surface area contributed by atoms with E-state index in [-0.39, 0.29) is 17.9 Å². The Kier molecular flexibility index (Phi) is 5.56. The smallest absolute Gasteiger partial charge is 0.311 e. The Bertz CT molecular complexity index is 423. The number of carbonyl (C=O) groups is 1. The van der Waals surface area contributed by atoms with Gasteiger partial charge in [0, 0.05) is 25.2 Å². The molecule has 0 radical (unpaired) electrons. The number of hydrogen-bond donors (Lipinski definition) is 2. The Morgan fingerprint density at radius 1 is 1.44 bits per heavy atom. The van der Waals surface area contributed by atoms with Crippen molar-refractivity contribution in [3.63, 3.8) is 0 Å². The Hall–Kier alpha value is -2.18. The number of pyridine rings is 1. The van der Waals surface area contributed by atoms with Gasteiger partial charge < -0.3 is 10.4 Å². The van der Waals surface area contributed by atoms with Gasteiger partial charge in [-0.05, 0) is 18.9 Å². The molecule has 18 heavy (non-hydrogen) atoms. The van der Waals surface area contributed by atoms with Gasteiger partial charge in [0.2, 0.25) is 5.82 Å². The molecule has 0 aliphatic heterocycles. The number of aliphatic carboxylic acids is 1. The van der Waals surface area contributed by atoms with Gasteiger partial charge in [0.15, 0.2) is 0 Å². The monoisotopic (exact) mass is 253 g/mol. The van der Waals surface area contributed by atoms with E-state index in [0.29, 0.717) is 13.0 Å². The van der Waals surface area contributed by atoms with E-state index in [4.69, 9.17) is 5.11 Å². The Labute approximate surface area is 104 Å². The number of hydrogen-bond acceptors (Lipinski definition) is 5. The van der Waals surface area contributed by atoms with Crippen molar-refractivity contribution in [2.24, 2.45) is 0 Å². The first-order valence-corrected chi connectivity index (χ1v) is 5.66. The highest BCUT2D eigenvalue weighted by Gasteiger charge is 2.12. The van der Waals surface area contributed by atoms with Gasteiger partial charge in [0.1, 0.15) is 0 Å². The highest BCUT2D eigenvalue weighted by atomic mass is 16.6. The van der Waals surface area contributed by atoms with Gasteiger partial charge in [-0.2, -0.15) is 0 Å². The van der Waals surface area contributed by atoms with Crippen LogP contribution in [0, 0.1) is 10.1 Å². The second kappa shape index (κ2) is 7.21. The number of carboxylic acid groups (broad SMARTS) is 1. The van der Waals surface area contributed by atoms with Crippen LogP contribution in [0.2, 0.25) is 0 Å². The van der Waals surface area contributed by atoms with Gasteiger partial charge >= 0.3 is 11.7 Å². The number of carboxylic acids is 1. The zero-order valence-corrected chi connectivity index (χ0v) is 9.83. The molecule has 0 bridgehead atoms. The molecule has 1 aromatic heterocycles. The van der Waals surface area contributed by atoms with Crippen molar-refractivity contribution in [3.05, 3.63) is 28.4 Å². The molecule has 2 N–H and O–H groups in total. The van der Waals surface area contributed by atoms with Crippen LogP contribution in [-0.4, -0.2) is 27.5 Å². The van der Waals surface area contributed by atoms with Crippen LogP contribution >= 0.6 is 0 Å². The van der Waals surface area contributed by atoms with Crippen LogP contribution in [0.1, 0.15) is 25.7 Å². The third kappa shape index (κ3) is 4.77. The number of nitrogens with one attached hydrogen (secondary N) is 1. The average Bonchev–Trinajstić information content (AvgIpc) is 2.33. The fourth-order valence-electron chi connectivity index (χ4n) is 1.47. The van der Waals surface area contributed by atoms with E-state index in [0.717, 1.165) is 12.8 Å². The molecule has 0 unspecified atom stereocenters. The normalized spacial score (nSPS) is 10.0. The zero-order chi connectivity index (χ0) is 13.4. The summed E-state index contributed by atoms with van der Waals surface area (Å²) in [5.74, 6) is -0.552. The molecule has 0 saturated carbocycles. The lowest BCUT2D eigenvalue weighted by atomic mass is 10.2. The molecule has 1 heterocycles. The lowest BCUT2D eigenvalue weighted by molar-refractivity contribution is -0.384. The number of nitrogens with zero attached hydrogens (tertiary/aromatic N) is 2. The lowest BCUT2D eigenvalue weighted by Crippen LogP contribution is -2.06. The van der Waals surface area contributed by atoms with Gasteiger partial charge in [-0.15, -0.1) is 0 Å². The Morgan fingerprint density at radius 2 is 2.22 bits per heavy atom. The molecule has 0 spiro atoms. The molecule has 7 heteroatoms. The molecule has 0 aliphatic carbocycles. The van der Waals surface area contributed by atoms with Gasteiger partial charge in [-0.25, -0.2) is 4.98 Å². The van der Waals surface area contributed by atoms with Crippen LogP contribution < -0.4 is 5.32 Å². The number of aromatic nitrogens is 1. The first-order chi connectivity index (χ1) is 8.61. The summed E-state index contributed by atoms with van der Waals surface area (Å²) >= 11 is 0. The van der Waals surface area contributed by atoms with Gasteiger partial charge in [0.25, 0.3) is 0 Å². The SMILES string of the molecule is O=C(O)CCCCCNc1ncccc1[N+](=O)[O-]. The van der Waals surface area contributed by atoms with Crippen LogP contribution in [0.25, 0.3) is 0 Å². The van der Waals surface area contributed by atoms with E-state index < -0.39 is 10.9 Å². The van der Waals surface area contributed by atoms with E-state index in [9.17, 15) is 14.9 Å². The third-order valence-electron chi connectivity index (χ3n) is 2.34. The summed E-state index contributed by atoms with van der Waals surface area (Å²) < 4.78 is 0. The second-order valence-electron chi connectivity index (χ2n) is 3.76. The van der Waals surface area contributed by atoms with Crippen LogP contribution in [-0.2, 0) is 4.79 Å². The van der Waals surface area contributed by atoms with Crippen molar-refractivity contribution < 1.29 is 14.8 Å². The third-order valence-corrected chi connectivity index (χ3v) is 2.34. The molecule has 0 atom stereocenters. The summed E-state index contributed by atoms with van der Waals surface area (Å²) in [5.41, 5.74) is -0.0527. The fraction of sp³-hybridized carbons (Fsp3) is 0.455. The maximum Gasteiger partial charge on any atom is 0.311 e. The molecule has 1 aromatic rings. The Balaban J connectivity index is 2.31. The summed E-state index contributed by atoms with van der Waals surface area (Å²) in [6.07, 6.45) is 3.77. The van der Waals surface area contributed by atoms with Crippen molar-refractivity contribution in [3.8, 4) is 0 Å². The molecule has 0 aliphatic rings. The van der Waals surface area contributed by atoms with Crippen LogP contribution in [0.5, 0.6) is 0 Å². The minimum Gasteiger partial charge on any atom is -0.481 e. The van der Waals surface area contributed by atoms with Crippen molar-refractivity contribution in [2.75, 3.05) is 11.9 Å². The first kappa shape index (κ1) is 13.9. The van der Waals surface area contributed by atoms with Crippen molar-refractivity contribution in [1.29, 1.82) is 0 Å². The average molecular weight is 253 g/mol. The van der Waals surface area contributed by atoms with Crippen LogP contribution in [0.15, 0.2) is 18.3 Å². The predicted molar refractivity (Wildman–Crippen MR) is 65.5 cm³/mol. The fourth-order valence-corrected chi connectivity index (χ4v) is 1.47. The van der Waals surface area contributed by atoms with Gasteiger partial charge in [-0.1, -0.05) is 6.42 Å². The summed E-state index contributed by atoms with van der Waals surface area (Å²) in [6, 6.07) is 2.90. The van der Waals surface area contributed by atoms with Crippen molar-refractivity contribution in [2.45, 2.75) is 25.7 Å². The molecule has 0 amide bonds. The summed E-state index contributed by atoms with van der Waals surface area (Å²) in [6.45, 7) is 0.539. The quantitative estimate of drug-likeness (QED) is 0.417. The van der Waals surface area contributed by atoms with E-state index in [1.165, 1.54) is 18.3 Å². The maximum absolute atomic E-state index is 10.7. The van der Waals surface area contributed by atoms with E-state index in [1.54, 1.807) is 0 Å². The summed E-state index contributed by atoms with van der Waals surface area (Å²) in [7, 11) is 0. The first-order valence-electron chi connectivity index (χ1n) is 5.66. The minimum atomic E-state index is -0.802. The molecular weight excluding hydrogens is 238 g/mol. The Morgan fingerprint density at radius 3 is 2.89 bits per heavy atom. The summed E-state index contributed by atoms with van der Waals surface area (Å²) in [4.78, 5) is 24.4. The van der Waals surface area contributed by atoms with Gasteiger partial charge in [-0.3, -0.25) is 14.9 Å². The van der Waals surface area contributed by atoms with Crippen molar-refractivity contribution >= 4 is 17.5 Å². The van der Waals surface area contributed by atoms with Crippen molar-refractivity contribution in [1.82, 2.24) is 4.98 Å². The second-order valence-corrected chi connectivity index (χ2v) is 3.76. The molecule has 0 aromatic carbocycles. The minimum absolute atomic E-state index is 0.0527. The highest BCUT2D eigenvalue weighted by molar-refractivity contribution is 5.66. The largest absolute Gasteiger partial charge is 0.481 e. The van der Waals surface area contributed by atoms with Crippen LogP contribution in [0.4, 0.5) is 11.5 Å². The lowest BCUT2D eigenvalue weighted by Gasteiger charge is -2.05. The predicted octanol–water partition coefficient (Wildman–Crippen LogP) is 2.05. The maximum atomic E-state index is 10.7. The van der Waals surface area contributed by atoms with E-state index in [1.807, 2.05) is 0 Å². The number of anilines is 1. The zero-order valence-electron chi connectivity index (χ0n) is 9.83. The van der Waals surface area contributed by atoms with Gasteiger partial charge in [0.05, 0.1) is 4.92 Å². The molecule has 98 valence electrons. The highest BCUT2D eigenvalue weighted by Crippen LogP contribution is 2.20.